The minimum absolute atomic E-state index is 0.0133. The van der Waals surface area contributed by atoms with Gasteiger partial charge in [0.05, 0.1) is 85.6 Å². The molecule has 6 N–H and O–H groups in total. The van der Waals surface area contributed by atoms with Crippen LogP contribution in [-0.2, 0) is 65.3 Å². The summed E-state index contributed by atoms with van der Waals surface area (Å²) in [6.45, 7) is 6.20. The van der Waals surface area contributed by atoms with Gasteiger partial charge in [-0.25, -0.2) is 4.79 Å². The predicted octanol–water partition coefficient (Wildman–Crippen LogP) is -0.0671. The van der Waals surface area contributed by atoms with E-state index in [2.05, 4.69) is 5.32 Å². The Hall–Kier alpha value is -4.32. The molecular weight excluding hydrogens is 830 g/mol. The maximum Gasteiger partial charge on any atom is 0.326 e. The van der Waals surface area contributed by atoms with Gasteiger partial charge in [-0.1, -0.05) is 31.2 Å². The lowest BCUT2D eigenvalue weighted by atomic mass is 9.99. The molecule has 0 aromatic heterocycles. The second-order valence-corrected chi connectivity index (χ2v) is 15.2. The van der Waals surface area contributed by atoms with Crippen molar-refractivity contribution in [3.63, 3.8) is 0 Å². The number of carbonyl (C=O) groups excluding carboxylic acids is 1. The smallest absolute Gasteiger partial charge is 0.326 e. The molecule has 1 saturated heterocycles. The topological polar surface area (TPSA) is 275 Å². The highest BCUT2D eigenvalue weighted by molar-refractivity contribution is 5.83. The van der Waals surface area contributed by atoms with Crippen molar-refractivity contribution in [2.45, 2.75) is 57.5 Å². The highest BCUT2D eigenvalue weighted by Crippen LogP contribution is 2.16. The van der Waals surface area contributed by atoms with Gasteiger partial charge in [0.2, 0.25) is 5.91 Å². The van der Waals surface area contributed by atoms with Gasteiger partial charge >= 0.3 is 29.8 Å². The van der Waals surface area contributed by atoms with Crippen LogP contribution in [0.4, 0.5) is 0 Å². The number of aryl methyl sites for hydroxylation is 1. The molecule has 2 atom stereocenters. The Morgan fingerprint density at radius 1 is 0.587 bits per heavy atom. The molecule has 63 heavy (non-hydrogen) atoms. The van der Waals surface area contributed by atoms with Gasteiger partial charge in [-0.2, -0.15) is 0 Å². The van der Waals surface area contributed by atoms with Crippen molar-refractivity contribution in [1.82, 2.24) is 24.9 Å². The van der Waals surface area contributed by atoms with E-state index < -0.39 is 47.8 Å². The van der Waals surface area contributed by atoms with Crippen LogP contribution in [0.15, 0.2) is 24.3 Å². The van der Waals surface area contributed by atoms with Gasteiger partial charge in [0.25, 0.3) is 0 Å². The summed E-state index contributed by atoms with van der Waals surface area (Å²) < 4.78 is 27.1. The second kappa shape index (κ2) is 33.2. The van der Waals surface area contributed by atoms with E-state index in [1.165, 1.54) is 0 Å². The normalized spacial score (nSPS) is 16.7. The van der Waals surface area contributed by atoms with E-state index in [9.17, 15) is 54.3 Å². The fourth-order valence-corrected chi connectivity index (χ4v) is 6.79. The van der Waals surface area contributed by atoms with Crippen LogP contribution in [0.5, 0.6) is 0 Å². The average Bonchev–Trinajstić information content (AvgIpc) is 3.21. The number of amides is 1. The number of nitrogens with one attached hydrogen (secondary N) is 1. The zero-order chi connectivity index (χ0) is 46.2. The maximum atomic E-state index is 12.5. The SMILES string of the molecule is CCCOCCOCCOCCOCCOCCC(=O)N[C@@H](CCCc1ccc(C[C@H]2CN(CC(=O)O)CCN(CC(=O)O)CCN(CC(=O)O)CCN2CC(=O)O)cc1)C(=O)O. The van der Waals surface area contributed by atoms with E-state index in [1.54, 1.807) is 19.6 Å². The molecule has 1 heterocycles. The predicted molar refractivity (Wildman–Crippen MR) is 227 cm³/mol. The highest BCUT2D eigenvalue weighted by atomic mass is 16.6. The average molecular weight is 900 g/mol. The van der Waals surface area contributed by atoms with Crippen LogP contribution in [0, 0.1) is 0 Å². The largest absolute Gasteiger partial charge is 0.480 e. The summed E-state index contributed by atoms with van der Waals surface area (Å²) >= 11 is 0. The van der Waals surface area contributed by atoms with Crippen LogP contribution in [0.1, 0.15) is 43.7 Å². The molecule has 1 fully saturated rings. The standard InChI is InChI=1S/C42H69N5O16/c1-2-17-59-19-21-61-23-25-63-26-24-62-22-20-60-18-10-37(48)43-36(42(57)58)5-3-4-33-6-8-34(9-7-33)27-35-28-46(31-40(53)54)14-13-44(29-38(49)50)11-12-45(30-39(51)52)15-16-47(35)32-41(55)56/h6-9,35-36H,2-5,10-32H2,1H3,(H,43,48)(H,49,50)(H,51,52)(H,53,54)(H,55,56)(H,57,58)/t35-,36-/m0/s1. The molecule has 0 radical (unpaired) electrons. The Bertz CT molecular complexity index is 1490. The lowest BCUT2D eigenvalue weighted by Gasteiger charge is -2.37. The number of aliphatic carboxylic acids is 5. The number of hydrogen-bond donors (Lipinski definition) is 6. The molecule has 1 amide bonds. The number of hydrogen-bond acceptors (Lipinski definition) is 15. The van der Waals surface area contributed by atoms with Crippen LogP contribution in [0.25, 0.3) is 0 Å². The first-order chi connectivity index (χ1) is 30.2. The fourth-order valence-electron chi connectivity index (χ4n) is 6.79. The molecular formula is C42H69N5O16. The minimum Gasteiger partial charge on any atom is -0.480 e. The summed E-state index contributed by atoms with van der Waals surface area (Å²) in [6, 6.07) is 5.91. The Labute approximate surface area is 369 Å². The lowest BCUT2D eigenvalue weighted by molar-refractivity contribution is -0.142. The molecule has 1 aromatic rings. The Balaban J connectivity index is 1.89. The van der Waals surface area contributed by atoms with Crippen molar-refractivity contribution in [1.29, 1.82) is 0 Å². The molecule has 0 unspecified atom stereocenters. The number of carbonyl (C=O) groups is 6. The molecule has 21 heteroatoms. The van der Waals surface area contributed by atoms with E-state index in [0.717, 1.165) is 24.2 Å². The van der Waals surface area contributed by atoms with Gasteiger partial charge in [0.15, 0.2) is 0 Å². The third-order valence-electron chi connectivity index (χ3n) is 9.96. The quantitative estimate of drug-likeness (QED) is 0.0504. The van der Waals surface area contributed by atoms with Crippen molar-refractivity contribution in [2.75, 3.05) is 138 Å². The number of carboxylic acid groups (broad SMARTS) is 5. The lowest BCUT2D eigenvalue weighted by Crippen LogP contribution is -2.53. The minimum atomic E-state index is -1.15. The van der Waals surface area contributed by atoms with Gasteiger partial charge in [-0.05, 0) is 43.2 Å². The van der Waals surface area contributed by atoms with Crippen molar-refractivity contribution in [3.05, 3.63) is 35.4 Å². The number of rotatable bonds is 33. The van der Waals surface area contributed by atoms with E-state index in [1.807, 2.05) is 31.2 Å². The first-order valence-corrected chi connectivity index (χ1v) is 21.5. The van der Waals surface area contributed by atoms with Gasteiger partial charge in [0, 0.05) is 64.9 Å². The molecule has 0 saturated carbocycles. The van der Waals surface area contributed by atoms with E-state index in [0.29, 0.717) is 65.5 Å². The zero-order valence-electron chi connectivity index (χ0n) is 36.6. The summed E-state index contributed by atoms with van der Waals surface area (Å²) in [5.41, 5.74) is 1.74. The molecule has 1 aromatic carbocycles. The summed E-state index contributed by atoms with van der Waals surface area (Å²) in [4.78, 5) is 78.2. The summed E-state index contributed by atoms with van der Waals surface area (Å²) in [5.74, 6) is -5.95. The number of carboxylic acids is 5. The monoisotopic (exact) mass is 899 g/mol. The molecule has 0 aliphatic carbocycles. The fraction of sp³-hybridized carbons (Fsp3) is 0.714. The van der Waals surface area contributed by atoms with E-state index in [4.69, 9.17) is 23.7 Å². The number of benzene rings is 1. The first-order valence-electron chi connectivity index (χ1n) is 21.5. The molecule has 1 aliphatic heterocycles. The van der Waals surface area contributed by atoms with Gasteiger partial charge < -0.3 is 54.5 Å². The van der Waals surface area contributed by atoms with E-state index in [-0.39, 0.29) is 98.0 Å². The van der Waals surface area contributed by atoms with Gasteiger partial charge in [0.1, 0.15) is 6.04 Å². The number of ether oxygens (including phenoxy) is 5. The Morgan fingerprint density at radius 2 is 1.02 bits per heavy atom. The van der Waals surface area contributed by atoms with Crippen LogP contribution in [0.3, 0.4) is 0 Å². The summed E-state index contributed by atoms with van der Waals surface area (Å²) in [5, 5.41) is 50.9. The van der Waals surface area contributed by atoms with Crippen molar-refractivity contribution < 1.29 is 78.0 Å². The van der Waals surface area contributed by atoms with Gasteiger partial charge in [-0.3, -0.25) is 43.6 Å². The number of nitrogens with zero attached hydrogens (tertiary/aromatic N) is 4. The van der Waals surface area contributed by atoms with Crippen LogP contribution < -0.4 is 5.32 Å². The van der Waals surface area contributed by atoms with Crippen molar-refractivity contribution >= 4 is 35.8 Å². The maximum absolute atomic E-state index is 12.5. The first kappa shape index (κ1) is 54.8. The zero-order valence-corrected chi connectivity index (χ0v) is 36.6. The van der Waals surface area contributed by atoms with Crippen LogP contribution in [0.2, 0.25) is 0 Å². The van der Waals surface area contributed by atoms with Gasteiger partial charge in [-0.15, -0.1) is 0 Å². The second-order valence-electron chi connectivity index (χ2n) is 15.2. The van der Waals surface area contributed by atoms with Crippen molar-refractivity contribution in [2.24, 2.45) is 0 Å². The molecule has 0 bridgehead atoms. The van der Waals surface area contributed by atoms with Crippen LogP contribution in [-0.4, -0.2) is 231 Å². The Kier molecular flexibility index (Phi) is 28.9. The molecule has 1 aliphatic rings. The third kappa shape index (κ3) is 27.5. The Morgan fingerprint density at radius 3 is 1.49 bits per heavy atom. The third-order valence-corrected chi connectivity index (χ3v) is 9.96. The summed E-state index contributed by atoms with van der Waals surface area (Å²) in [7, 11) is 0. The van der Waals surface area contributed by atoms with E-state index >= 15 is 0 Å². The molecule has 358 valence electrons. The molecule has 21 nitrogen and oxygen atoms in total. The van der Waals surface area contributed by atoms with Crippen LogP contribution >= 0.6 is 0 Å². The molecule has 2 rings (SSSR count). The van der Waals surface area contributed by atoms with Crippen molar-refractivity contribution in [3.8, 4) is 0 Å². The highest BCUT2D eigenvalue weighted by Gasteiger charge is 2.28. The molecule has 0 spiro atoms. The summed E-state index contributed by atoms with van der Waals surface area (Å²) in [6.07, 6.45) is 2.45.